The number of aromatic nitrogens is 1. The summed E-state index contributed by atoms with van der Waals surface area (Å²) >= 11 is 1.30. The van der Waals surface area contributed by atoms with Crippen LogP contribution in [0, 0.1) is 0 Å². The molecule has 8 heteroatoms. The Morgan fingerprint density at radius 1 is 1.19 bits per heavy atom. The zero-order valence-electron chi connectivity index (χ0n) is 14.5. The van der Waals surface area contributed by atoms with Gasteiger partial charge in [0.15, 0.2) is 9.84 Å². The van der Waals surface area contributed by atoms with Crippen LogP contribution < -0.4 is 10.1 Å². The van der Waals surface area contributed by atoms with Crippen LogP contribution in [0.3, 0.4) is 0 Å². The summed E-state index contributed by atoms with van der Waals surface area (Å²) in [5.41, 5.74) is 0.514. The number of amides is 1. The number of carbonyl (C=O) groups excluding carboxylic acids is 1. The molecule has 0 fully saturated rings. The van der Waals surface area contributed by atoms with Crippen LogP contribution in [0.5, 0.6) is 5.75 Å². The van der Waals surface area contributed by atoms with Crippen molar-refractivity contribution in [3.05, 3.63) is 76.7 Å². The Bertz CT molecular complexity index is 986. The monoisotopic (exact) mass is 402 g/mol. The predicted octanol–water partition coefficient (Wildman–Crippen LogP) is 3.10. The van der Waals surface area contributed by atoms with Crippen LogP contribution in [-0.4, -0.2) is 33.0 Å². The van der Waals surface area contributed by atoms with Crippen molar-refractivity contribution < 1.29 is 17.9 Å². The number of thiophene rings is 1. The van der Waals surface area contributed by atoms with Crippen molar-refractivity contribution in [2.24, 2.45) is 0 Å². The second kappa shape index (κ2) is 8.32. The van der Waals surface area contributed by atoms with Gasteiger partial charge in [0.25, 0.3) is 5.91 Å². The molecule has 0 saturated carbocycles. The maximum atomic E-state index is 13.2. The Balaban J connectivity index is 1.90. The van der Waals surface area contributed by atoms with Crippen LogP contribution in [0.1, 0.15) is 20.5 Å². The summed E-state index contributed by atoms with van der Waals surface area (Å²) in [7, 11) is -2.23. The Morgan fingerprint density at radius 2 is 1.96 bits per heavy atom. The fraction of sp³-hybridized carbons (Fsp3) is 0.158. The number of carbonyl (C=O) groups is 1. The summed E-state index contributed by atoms with van der Waals surface area (Å²) in [6, 6.07) is 13.0. The minimum atomic E-state index is -3.75. The molecule has 0 aliphatic rings. The van der Waals surface area contributed by atoms with E-state index >= 15 is 0 Å². The van der Waals surface area contributed by atoms with E-state index in [0.29, 0.717) is 16.2 Å². The van der Waals surface area contributed by atoms with Crippen LogP contribution in [0.2, 0.25) is 0 Å². The van der Waals surface area contributed by atoms with Gasteiger partial charge < -0.3 is 10.1 Å². The number of rotatable bonds is 7. The van der Waals surface area contributed by atoms with Crippen molar-refractivity contribution in [2.45, 2.75) is 10.1 Å². The molecule has 1 amide bonds. The van der Waals surface area contributed by atoms with Crippen molar-refractivity contribution in [3.63, 3.8) is 0 Å². The lowest BCUT2D eigenvalue weighted by Gasteiger charge is -2.18. The molecule has 0 radical (unpaired) electrons. The van der Waals surface area contributed by atoms with E-state index in [1.54, 1.807) is 48.0 Å². The smallest absolute Gasteiger partial charge is 0.261 e. The number of hydrogen-bond donors (Lipinski definition) is 1. The summed E-state index contributed by atoms with van der Waals surface area (Å²) in [6.45, 7) is -0.0587. The molecule has 27 heavy (non-hydrogen) atoms. The van der Waals surface area contributed by atoms with Gasteiger partial charge in [-0.05, 0) is 47.3 Å². The normalized spacial score (nSPS) is 12.3. The Morgan fingerprint density at radius 3 is 2.56 bits per heavy atom. The molecule has 140 valence electrons. The third kappa shape index (κ3) is 4.35. The predicted molar refractivity (Wildman–Crippen MR) is 104 cm³/mol. The van der Waals surface area contributed by atoms with Gasteiger partial charge in [-0.25, -0.2) is 8.42 Å². The van der Waals surface area contributed by atoms with Crippen molar-refractivity contribution in [1.82, 2.24) is 10.3 Å². The van der Waals surface area contributed by atoms with Gasteiger partial charge in [-0.15, -0.1) is 11.3 Å². The van der Waals surface area contributed by atoms with E-state index in [1.165, 1.54) is 36.8 Å². The fourth-order valence-electron chi connectivity index (χ4n) is 2.58. The lowest BCUT2D eigenvalue weighted by molar-refractivity contribution is 0.0957. The standard InChI is InChI=1S/C19H18N2O4S2/c1-25-15-6-8-16(9-7-15)27(23,24)18(14-4-2-10-20-12-14)13-21-19(22)17-5-3-11-26-17/h2-12,18H,13H2,1H3,(H,21,22)/t18-/m0/s1. The quantitative estimate of drug-likeness (QED) is 0.656. The number of nitrogens with zero attached hydrogens (tertiary/aromatic N) is 1. The summed E-state index contributed by atoms with van der Waals surface area (Å²) in [4.78, 5) is 17.0. The van der Waals surface area contributed by atoms with Crippen LogP contribution in [-0.2, 0) is 9.84 Å². The second-order valence-corrected chi connectivity index (χ2v) is 8.76. The number of ether oxygens (including phenoxy) is 1. The molecule has 1 aromatic carbocycles. The first kappa shape index (κ1) is 19.1. The first-order valence-corrected chi connectivity index (χ1v) is 10.5. The topological polar surface area (TPSA) is 85.4 Å². The van der Waals surface area contributed by atoms with Gasteiger partial charge in [0.1, 0.15) is 11.0 Å². The summed E-state index contributed by atoms with van der Waals surface area (Å²) in [5, 5.41) is 3.56. The maximum Gasteiger partial charge on any atom is 0.261 e. The van der Waals surface area contributed by atoms with Crippen molar-refractivity contribution in [3.8, 4) is 5.75 Å². The van der Waals surface area contributed by atoms with Gasteiger partial charge in [0.05, 0.1) is 16.9 Å². The highest BCUT2D eigenvalue weighted by Gasteiger charge is 2.30. The molecule has 6 nitrogen and oxygen atoms in total. The Labute approximate surface area is 161 Å². The first-order valence-electron chi connectivity index (χ1n) is 8.12. The number of sulfone groups is 1. The SMILES string of the molecule is COc1ccc(S(=O)(=O)[C@@H](CNC(=O)c2cccs2)c2cccnc2)cc1. The molecule has 0 spiro atoms. The van der Waals surface area contributed by atoms with Gasteiger partial charge in [0, 0.05) is 18.9 Å². The van der Waals surface area contributed by atoms with Gasteiger partial charge in [-0.3, -0.25) is 9.78 Å². The van der Waals surface area contributed by atoms with Crippen LogP contribution >= 0.6 is 11.3 Å². The van der Waals surface area contributed by atoms with E-state index < -0.39 is 15.1 Å². The molecule has 1 atom stereocenters. The maximum absolute atomic E-state index is 13.2. The zero-order valence-corrected chi connectivity index (χ0v) is 16.2. The highest BCUT2D eigenvalue weighted by molar-refractivity contribution is 7.91. The molecular formula is C19H18N2O4S2. The largest absolute Gasteiger partial charge is 0.497 e. The minimum absolute atomic E-state index is 0.0587. The molecule has 0 bridgehead atoms. The van der Waals surface area contributed by atoms with E-state index in [4.69, 9.17) is 4.74 Å². The molecule has 1 N–H and O–H groups in total. The van der Waals surface area contributed by atoms with Crippen LogP contribution in [0.4, 0.5) is 0 Å². The van der Waals surface area contributed by atoms with Crippen molar-refractivity contribution in [1.29, 1.82) is 0 Å². The molecule has 0 aliphatic carbocycles. The van der Waals surface area contributed by atoms with E-state index in [0.717, 1.165) is 0 Å². The zero-order chi connectivity index (χ0) is 19.3. The van der Waals surface area contributed by atoms with Crippen LogP contribution in [0.25, 0.3) is 0 Å². The Hall–Kier alpha value is -2.71. The molecule has 3 aromatic rings. The number of benzene rings is 1. The van der Waals surface area contributed by atoms with E-state index in [2.05, 4.69) is 10.3 Å². The highest BCUT2D eigenvalue weighted by Crippen LogP contribution is 2.29. The average molecular weight is 402 g/mol. The molecule has 0 unspecified atom stereocenters. The van der Waals surface area contributed by atoms with Gasteiger partial charge in [-0.1, -0.05) is 12.1 Å². The van der Waals surface area contributed by atoms with Crippen molar-refractivity contribution in [2.75, 3.05) is 13.7 Å². The summed E-state index contributed by atoms with van der Waals surface area (Å²) in [5.74, 6) is 0.265. The third-order valence-electron chi connectivity index (χ3n) is 4.01. The number of nitrogens with one attached hydrogen (secondary N) is 1. The number of methoxy groups -OCH3 is 1. The van der Waals surface area contributed by atoms with Gasteiger partial charge in [0.2, 0.25) is 0 Å². The third-order valence-corrected chi connectivity index (χ3v) is 7.00. The van der Waals surface area contributed by atoms with E-state index in [-0.39, 0.29) is 17.3 Å². The number of pyridine rings is 1. The van der Waals surface area contributed by atoms with Crippen LogP contribution in [0.15, 0.2) is 71.2 Å². The summed E-state index contributed by atoms with van der Waals surface area (Å²) < 4.78 is 31.5. The lowest BCUT2D eigenvalue weighted by atomic mass is 10.2. The molecule has 0 aliphatic heterocycles. The van der Waals surface area contributed by atoms with E-state index in [9.17, 15) is 13.2 Å². The minimum Gasteiger partial charge on any atom is -0.497 e. The highest BCUT2D eigenvalue weighted by atomic mass is 32.2. The lowest BCUT2D eigenvalue weighted by Crippen LogP contribution is -2.31. The Kier molecular flexibility index (Phi) is 5.88. The first-order chi connectivity index (χ1) is 13.0. The summed E-state index contributed by atoms with van der Waals surface area (Å²) in [6.07, 6.45) is 3.08. The van der Waals surface area contributed by atoms with E-state index in [1.807, 2.05) is 0 Å². The average Bonchev–Trinajstić information content (AvgIpc) is 3.23. The van der Waals surface area contributed by atoms with Gasteiger partial charge >= 0.3 is 0 Å². The molecule has 3 rings (SSSR count). The molecule has 2 aromatic heterocycles. The fourth-order valence-corrected chi connectivity index (χ4v) is 4.87. The molecule has 2 heterocycles. The second-order valence-electron chi connectivity index (χ2n) is 5.68. The van der Waals surface area contributed by atoms with Gasteiger partial charge in [-0.2, -0.15) is 0 Å². The number of hydrogen-bond acceptors (Lipinski definition) is 6. The van der Waals surface area contributed by atoms with Crippen molar-refractivity contribution >= 4 is 27.1 Å². The molecular weight excluding hydrogens is 384 g/mol. The molecule has 0 saturated heterocycles.